The molecule has 1 heterocycles. The van der Waals surface area contributed by atoms with Crippen LogP contribution in [0.2, 0.25) is 0 Å². The molecule has 1 N–H and O–H groups in total. The summed E-state index contributed by atoms with van der Waals surface area (Å²) < 4.78 is 0. The molecule has 3 rings (SSSR count). The third kappa shape index (κ3) is 2.61. The van der Waals surface area contributed by atoms with E-state index >= 15 is 0 Å². The number of hydrogen-bond acceptors (Lipinski definition) is 2. The van der Waals surface area contributed by atoms with Gasteiger partial charge in [-0.25, -0.2) is 9.78 Å². The Kier molecular flexibility index (Phi) is 3.71. The molecule has 3 aromatic rings. The summed E-state index contributed by atoms with van der Waals surface area (Å²) in [4.78, 5) is 16.2. The predicted octanol–water partition coefficient (Wildman–Crippen LogP) is 4.41. The van der Waals surface area contributed by atoms with Gasteiger partial charge in [-0.3, -0.25) is 0 Å². The van der Waals surface area contributed by atoms with Crippen molar-refractivity contribution in [3.8, 4) is 0 Å². The highest BCUT2D eigenvalue weighted by Crippen LogP contribution is 2.24. The van der Waals surface area contributed by atoms with Gasteiger partial charge in [-0.1, -0.05) is 54.6 Å². The number of carboxylic acid groups (broad SMARTS) is 1. The molecule has 0 saturated carbocycles. The van der Waals surface area contributed by atoms with E-state index in [0.29, 0.717) is 27.7 Å². The normalized spacial score (nSPS) is 11.1. The minimum atomic E-state index is -0.925. The van der Waals surface area contributed by atoms with E-state index in [1.165, 1.54) is 0 Å². The maximum absolute atomic E-state index is 11.6. The molecule has 0 bridgehead atoms. The average molecular weight is 289 g/mol. The fourth-order valence-corrected chi connectivity index (χ4v) is 2.50. The molecule has 1 aromatic heterocycles. The van der Waals surface area contributed by atoms with Crippen molar-refractivity contribution < 1.29 is 9.90 Å². The van der Waals surface area contributed by atoms with Crippen molar-refractivity contribution in [2.24, 2.45) is 0 Å². The second-order valence-electron chi connectivity index (χ2n) is 5.06. The van der Waals surface area contributed by atoms with E-state index < -0.39 is 5.97 Å². The zero-order chi connectivity index (χ0) is 15.5. The van der Waals surface area contributed by atoms with Crippen LogP contribution in [0, 0.1) is 6.92 Å². The number of hydrogen-bond donors (Lipinski definition) is 1. The van der Waals surface area contributed by atoms with E-state index in [1.807, 2.05) is 60.7 Å². The number of rotatable bonds is 3. The first kappa shape index (κ1) is 14.0. The lowest BCUT2D eigenvalue weighted by molar-refractivity contribution is 0.0698. The van der Waals surface area contributed by atoms with Crippen molar-refractivity contribution in [1.82, 2.24) is 4.98 Å². The Morgan fingerprint density at radius 1 is 1.00 bits per heavy atom. The molecule has 0 aliphatic heterocycles. The number of nitrogens with zero attached hydrogens (tertiary/aromatic N) is 1. The van der Waals surface area contributed by atoms with Crippen molar-refractivity contribution in [2.45, 2.75) is 6.92 Å². The average Bonchev–Trinajstić information content (AvgIpc) is 2.53. The van der Waals surface area contributed by atoms with Gasteiger partial charge in [-0.05, 0) is 30.2 Å². The van der Waals surface area contributed by atoms with E-state index in [1.54, 1.807) is 13.0 Å². The first-order chi connectivity index (χ1) is 10.7. The van der Waals surface area contributed by atoms with Crippen molar-refractivity contribution in [1.29, 1.82) is 0 Å². The molecule has 0 saturated heterocycles. The molecule has 108 valence electrons. The zero-order valence-electron chi connectivity index (χ0n) is 12.2. The number of fused-ring (bicyclic) bond motifs is 1. The minimum absolute atomic E-state index is 0.318. The van der Waals surface area contributed by atoms with Gasteiger partial charge in [-0.15, -0.1) is 0 Å². The van der Waals surface area contributed by atoms with Gasteiger partial charge in [0.2, 0.25) is 0 Å². The number of pyridine rings is 1. The number of carboxylic acids is 1. The summed E-state index contributed by atoms with van der Waals surface area (Å²) >= 11 is 0. The lowest BCUT2D eigenvalue weighted by atomic mass is 10.0. The molecule has 0 fully saturated rings. The molecule has 0 radical (unpaired) electrons. The quantitative estimate of drug-likeness (QED) is 0.777. The predicted molar refractivity (Wildman–Crippen MR) is 88.8 cm³/mol. The number of aromatic carboxylic acids is 1. The van der Waals surface area contributed by atoms with Gasteiger partial charge in [0.05, 0.1) is 16.8 Å². The van der Waals surface area contributed by atoms with Gasteiger partial charge in [0.15, 0.2) is 0 Å². The highest BCUT2D eigenvalue weighted by molar-refractivity contribution is 6.04. The highest BCUT2D eigenvalue weighted by atomic mass is 16.4. The fraction of sp³-hybridized carbons (Fsp3) is 0.0526. The SMILES string of the molecule is Cc1c(/C=C/c2ccccc2)nc2ccccc2c1C(=O)O. The maximum atomic E-state index is 11.6. The molecule has 3 heteroatoms. The van der Waals surface area contributed by atoms with E-state index in [9.17, 15) is 9.90 Å². The summed E-state index contributed by atoms with van der Waals surface area (Å²) in [6.45, 7) is 1.80. The Hall–Kier alpha value is -2.94. The summed E-state index contributed by atoms with van der Waals surface area (Å²) in [7, 11) is 0. The van der Waals surface area contributed by atoms with Crippen LogP contribution in [0.4, 0.5) is 0 Å². The van der Waals surface area contributed by atoms with E-state index in [4.69, 9.17) is 0 Å². The van der Waals surface area contributed by atoms with E-state index in [0.717, 1.165) is 5.56 Å². The first-order valence-corrected chi connectivity index (χ1v) is 7.02. The van der Waals surface area contributed by atoms with Crippen molar-refractivity contribution in [2.75, 3.05) is 0 Å². The van der Waals surface area contributed by atoms with Crippen LogP contribution in [-0.2, 0) is 0 Å². The lowest BCUT2D eigenvalue weighted by Gasteiger charge is -2.09. The molecule has 3 nitrogen and oxygen atoms in total. The van der Waals surface area contributed by atoms with Gasteiger partial charge in [0, 0.05) is 5.39 Å². The van der Waals surface area contributed by atoms with Crippen molar-refractivity contribution in [3.63, 3.8) is 0 Å². The number of para-hydroxylation sites is 1. The summed E-state index contributed by atoms with van der Waals surface area (Å²) in [5, 5.41) is 10.2. The molecular formula is C19H15NO2. The monoisotopic (exact) mass is 289 g/mol. The third-order valence-corrected chi connectivity index (χ3v) is 3.62. The smallest absolute Gasteiger partial charge is 0.336 e. The van der Waals surface area contributed by atoms with Crippen molar-refractivity contribution in [3.05, 3.63) is 77.0 Å². The van der Waals surface area contributed by atoms with Gasteiger partial charge in [-0.2, -0.15) is 0 Å². The van der Waals surface area contributed by atoms with Crippen LogP contribution >= 0.6 is 0 Å². The standard InChI is InChI=1S/C19H15NO2/c1-13-16(12-11-14-7-3-2-4-8-14)20-17-10-6-5-9-15(17)18(13)19(21)22/h2-12H,1H3,(H,21,22)/b12-11+. The molecule has 0 unspecified atom stereocenters. The molecule has 0 amide bonds. The Morgan fingerprint density at radius 2 is 1.68 bits per heavy atom. The Bertz CT molecular complexity index is 867. The summed E-state index contributed by atoms with van der Waals surface area (Å²) in [6.07, 6.45) is 3.80. The van der Waals surface area contributed by atoms with Gasteiger partial charge in [0.1, 0.15) is 0 Å². The maximum Gasteiger partial charge on any atom is 0.336 e. The van der Waals surface area contributed by atoms with E-state index in [2.05, 4.69) is 4.98 Å². The van der Waals surface area contributed by atoms with Crippen molar-refractivity contribution >= 4 is 29.0 Å². The number of aromatic nitrogens is 1. The van der Waals surface area contributed by atoms with Gasteiger partial charge >= 0.3 is 5.97 Å². The molecule has 0 aliphatic rings. The second kappa shape index (κ2) is 5.82. The molecule has 0 spiro atoms. The molecule has 0 atom stereocenters. The van der Waals surface area contributed by atoms with Crippen LogP contribution in [0.15, 0.2) is 54.6 Å². The lowest BCUT2D eigenvalue weighted by Crippen LogP contribution is -2.04. The molecule has 2 aromatic carbocycles. The Balaban J connectivity index is 2.16. The topological polar surface area (TPSA) is 50.2 Å². The fourth-order valence-electron chi connectivity index (χ4n) is 2.50. The highest BCUT2D eigenvalue weighted by Gasteiger charge is 2.15. The Labute approximate surface area is 128 Å². The summed E-state index contributed by atoms with van der Waals surface area (Å²) in [5.74, 6) is -0.925. The second-order valence-corrected chi connectivity index (χ2v) is 5.06. The van der Waals surface area contributed by atoms with Crippen LogP contribution in [0.5, 0.6) is 0 Å². The van der Waals surface area contributed by atoms with Crippen LogP contribution in [0.3, 0.4) is 0 Å². The summed E-state index contributed by atoms with van der Waals surface area (Å²) in [5.41, 5.74) is 3.42. The third-order valence-electron chi connectivity index (χ3n) is 3.62. The molecule has 22 heavy (non-hydrogen) atoms. The van der Waals surface area contributed by atoms with Gasteiger partial charge in [0.25, 0.3) is 0 Å². The Morgan fingerprint density at radius 3 is 2.41 bits per heavy atom. The van der Waals surface area contributed by atoms with Crippen LogP contribution in [0.1, 0.15) is 27.2 Å². The summed E-state index contributed by atoms with van der Waals surface area (Å²) in [6, 6.07) is 17.2. The van der Waals surface area contributed by atoms with E-state index in [-0.39, 0.29) is 0 Å². The van der Waals surface area contributed by atoms with Crippen LogP contribution < -0.4 is 0 Å². The number of carbonyl (C=O) groups is 1. The first-order valence-electron chi connectivity index (χ1n) is 7.02. The minimum Gasteiger partial charge on any atom is -0.478 e. The number of benzene rings is 2. The largest absolute Gasteiger partial charge is 0.478 e. The molecular weight excluding hydrogens is 274 g/mol. The van der Waals surface area contributed by atoms with Crippen LogP contribution in [0.25, 0.3) is 23.1 Å². The molecule has 0 aliphatic carbocycles. The van der Waals surface area contributed by atoms with Crippen LogP contribution in [-0.4, -0.2) is 16.1 Å². The van der Waals surface area contributed by atoms with Gasteiger partial charge < -0.3 is 5.11 Å². The zero-order valence-corrected chi connectivity index (χ0v) is 12.2.